The third kappa shape index (κ3) is 4.89. The van der Waals surface area contributed by atoms with Crippen molar-refractivity contribution < 1.29 is 0 Å². The summed E-state index contributed by atoms with van der Waals surface area (Å²) in [6, 6.07) is 21.7. The van der Waals surface area contributed by atoms with E-state index >= 15 is 0 Å². The normalized spacial score (nSPS) is 16.1. The molecule has 0 radical (unpaired) electrons. The predicted octanol–water partition coefficient (Wildman–Crippen LogP) is 5.78. The van der Waals surface area contributed by atoms with Gasteiger partial charge in [0.25, 0.3) is 0 Å². The van der Waals surface area contributed by atoms with Gasteiger partial charge in [0, 0.05) is 17.7 Å². The molecule has 40 heavy (non-hydrogen) atoms. The molecule has 6 heteroatoms. The molecule has 0 unspecified atom stereocenters. The van der Waals surface area contributed by atoms with Gasteiger partial charge >= 0.3 is 0 Å². The van der Waals surface area contributed by atoms with Gasteiger partial charge in [-0.25, -0.2) is 9.97 Å². The molecule has 0 aliphatic carbocycles. The molecule has 0 spiro atoms. The van der Waals surface area contributed by atoms with Crippen LogP contribution >= 0.6 is 0 Å². The first-order valence-corrected chi connectivity index (χ1v) is 13.7. The van der Waals surface area contributed by atoms with Crippen LogP contribution in [-0.4, -0.2) is 33.0 Å². The first kappa shape index (κ1) is 24.0. The molecule has 7 rings (SSSR count). The fraction of sp³-hybridized carbons (Fsp3) is 0.176. The van der Waals surface area contributed by atoms with Gasteiger partial charge in [0.2, 0.25) is 0 Å². The minimum absolute atomic E-state index is 0.300. The number of imidazole rings is 2. The van der Waals surface area contributed by atoms with Gasteiger partial charge in [0.05, 0.1) is 29.8 Å². The Kier molecular flexibility index (Phi) is 6.38. The van der Waals surface area contributed by atoms with E-state index in [4.69, 9.17) is 0 Å². The fourth-order valence-corrected chi connectivity index (χ4v) is 5.39. The molecule has 1 atom stereocenters. The van der Waals surface area contributed by atoms with Crippen molar-refractivity contribution in [3.05, 3.63) is 102 Å². The molecular weight excluding hydrogens is 492 g/mol. The number of hydrogen-bond acceptors (Lipinski definition) is 4. The average molecular weight is 521 g/mol. The van der Waals surface area contributed by atoms with Crippen molar-refractivity contribution in [1.29, 1.82) is 0 Å². The standard InChI is InChI=1S/C34H28N6/c1-2-9-25-19-26(15-13-23(25)7-1)29-20-27(32-22-38-34(40-32)31-12-6-18-36-31)16-14-24(29)8-3-4-10-28-21-37-33(39-28)30-11-5-17-35-30/h1-2,7,9,11,13-16,19-22,31,35-36H,5-6,12,17-18H2,(H,37,39)(H,38,40)/t31-/m0/s1. The van der Waals surface area contributed by atoms with E-state index in [1.54, 1.807) is 6.20 Å². The molecule has 2 aromatic heterocycles. The van der Waals surface area contributed by atoms with Crippen LogP contribution in [0.4, 0.5) is 0 Å². The number of H-pyrrole nitrogens is 2. The molecule has 3 aromatic carbocycles. The van der Waals surface area contributed by atoms with Crippen molar-refractivity contribution in [1.82, 2.24) is 30.6 Å². The number of fused-ring (bicyclic) bond motifs is 1. The minimum Gasteiger partial charge on any atom is -0.382 e. The Labute approximate surface area is 233 Å². The molecule has 0 bridgehead atoms. The van der Waals surface area contributed by atoms with E-state index in [2.05, 4.69) is 121 Å². The van der Waals surface area contributed by atoms with E-state index in [-0.39, 0.29) is 0 Å². The molecule has 2 aliphatic heterocycles. The van der Waals surface area contributed by atoms with Gasteiger partial charge < -0.3 is 20.6 Å². The summed E-state index contributed by atoms with van der Waals surface area (Å²) < 4.78 is 0. The number of aromatic amines is 2. The highest BCUT2D eigenvalue weighted by Crippen LogP contribution is 2.32. The quantitative estimate of drug-likeness (QED) is 0.227. The third-order valence-electron chi connectivity index (χ3n) is 7.47. The number of nitrogens with one attached hydrogen (secondary N) is 4. The lowest BCUT2D eigenvalue weighted by Crippen LogP contribution is -2.14. The van der Waals surface area contributed by atoms with Crippen molar-refractivity contribution >= 4 is 16.5 Å². The number of rotatable bonds is 4. The highest BCUT2D eigenvalue weighted by atomic mass is 15.0. The molecular formula is C34H28N6. The summed E-state index contributed by atoms with van der Waals surface area (Å²) in [5, 5.41) is 9.25. The third-order valence-corrected chi connectivity index (χ3v) is 7.47. The number of benzene rings is 3. The minimum atomic E-state index is 0.300. The second kappa shape index (κ2) is 10.6. The van der Waals surface area contributed by atoms with E-state index in [1.165, 1.54) is 17.2 Å². The summed E-state index contributed by atoms with van der Waals surface area (Å²) >= 11 is 0. The molecule has 4 heterocycles. The number of hydrogen-bond donors (Lipinski definition) is 4. The zero-order valence-electron chi connectivity index (χ0n) is 22.0. The zero-order chi connectivity index (χ0) is 26.7. The molecule has 5 aromatic rings. The molecule has 1 saturated heterocycles. The van der Waals surface area contributed by atoms with Crippen molar-refractivity contribution in [3.8, 4) is 46.1 Å². The van der Waals surface area contributed by atoms with E-state index in [9.17, 15) is 0 Å². The average Bonchev–Trinajstić information content (AvgIpc) is 3.82. The monoisotopic (exact) mass is 520 g/mol. The van der Waals surface area contributed by atoms with Crippen LogP contribution in [0.2, 0.25) is 0 Å². The SMILES string of the molecule is C(C#Cc1ccc(-c2cnc([C@@H]3CCCN3)[nH]2)cc1-c1ccc2ccccc2c1)#Cc1cnc(C2=CCCN2)[nH]1. The fourth-order valence-electron chi connectivity index (χ4n) is 5.39. The van der Waals surface area contributed by atoms with Gasteiger partial charge in [0.15, 0.2) is 5.82 Å². The van der Waals surface area contributed by atoms with Crippen molar-refractivity contribution in [3.63, 3.8) is 0 Å². The summed E-state index contributed by atoms with van der Waals surface area (Å²) in [7, 11) is 0. The Morgan fingerprint density at radius 3 is 2.58 bits per heavy atom. The Morgan fingerprint density at radius 2 is 1.70 bits per heavy atom. The second-order valence-electron chi connectivity index (χ2n) is 10.1. The first-order chi connectivity index (χ1) is 19.8. The van der Waals surface area contributed by atoms with Crippen molar-refractivity contribution in [2.75, 3.05) is 13.1 Å². The van der Waals surface area contributed by atoms with Crippen LogP contribution in [0.3, 0.4) is 0 Å². The van der Waals surface area contributed by atoms with Gasteiger partial charge in [-0.15, -0.1) is 0 Å². The lowest BCUT2D eigenvalue weighted by Gasteiger charge is -2.10. The van der Waals surface area contributed by atoms with E-state index in [0.717, 1.165) is 76.9 Å². The van der Waals surface area contributed by atoms with Crippen molar-refractivity contribution in [2.24, 2.45) is 0 Å². The molecule has 1 fully saturated rings. The highest BCUT2D eigenvalue weighted by molar-refractivity contribution is 5.89. The van der Waals surface area contributed by atoms with Gasteiger partial charge in [0.1, 0.15) is 11.5 Å². The maximum atomic E-state index is 4.68. The molecule has 0 saturated carbocycles. The van der Waals surface area contributed by atoms with Crippen LogP contribution in [0.5, 0.6) is 0 Å². The molecule has 4 N–H and O–H groups in total. The topological polar surface area (TPSA) is 81.4 Å². The van der Waals surface area contributed by atoms with Crippen LogP contribution in [-0.2, 0) is 0 Å². The predicted molar refractivity (Wildman–Crippen MR) is 160 cm³/mol. The van der Waals surface area contributed by atoms with E-state index < -0.39 is 0 Å². The number of aromatic nitrogens is 4. The Balaban J connectivity index is 1.23. The van der Waals surface area contributed by atoms with Gasteiger partial charge in [-0.1, -0.05) is 54.5 Å². The second-order valence-corrected chi connectivity index (χ2v) is 10.1. The van der Waals surface area contributed by atoms with Gasteiger partial charge in [-0.2, -0.15) is 0 Å². The van der Waals surface area contributed by atoms with Crippen LogP contribution in [0.15, 0.2) is 79.1 Å². The van der Waals surface area contributed by atoms with Gasteiger partial charge in [-0.3, -0.25) is 0 Å². The summed E-state index contributed by atoms with van der Waals surface area (Å²) in [6.07, 6.45) is 9.13. The maximum absolute atomic E-state index is 4.68. The molecule has 194 valence electrons. The Morgan fingerprint density at radius 1 is 0.800 bits per heavy atom. The van der Waals surface area contributed by atoms with Gasteiger partial charge in [-0.05, 0) is 83.7 Å². The lowest BCUT2D eigenvalue weighted by molar-refractivity contribution is 0.613. The molecule has 0 amide bonds. The smallest absolute Gasteiger partial charge is 0.154 e. The summed E-state index contributed by atoms with van der Waals surface area (Å²) in [5.41, 5.74) is 6.97. The van der Waals surface area contributed by atoms with Crippen LogP contribution in [0.1, 0.15) is 48.2 Å². The molecule has 6 nitrogen and oxygen atoms in total. The first-order valence-electron chi connectivity index (χ1n) is 13.7. The van der Waals surface area contributed by atoms with Crippen molar-refractivity contribution in [2.45, 2.75) is 25.3 Å². The Bertz CT molecular complexity index is 1860. The van der Waals surface area contributed by atoms with E-state index in [0.29, 0.717) is 6.04 Å². The van der Waals surface area contributed by atoms with Crippen LogP contribution in [0.25, 0.3) is 38.9 Å². The lowest BCUT2D eigenvalue weighted by atomic mass is 9.95. The summed E-state index contributed by atoms with van der Waals surface area (Å²) in [4.78, 5) is 15.9. The summed E-state index contributed by atoms with van der Waals surface area (Å²) in [5.74, 6) is 14.3. The molecule has 2 aliphatic rings. The van der Waals surface area contributed by atoms with Crippen LogP contribution < -0.4 is 10.6 Å². The highest BCUT2D eigenvalue weighted by Gasteiger charge is 2.19. The largest absolute Gasteiger partial charge is 0.382 e. The maximum Gasteiger partial charge on any atom is 0.154 e. The summed E-state index contributed by atoms with van der Waals surface area (Å²) in [6.45, 7) is 1.99. The van der Waals surface area contributed by atoms with Crippen LogP contribution in [0, 0.1) is 23.7 Å². The Hall–Kier alpha value is -5.04. The zero-order valence-corrected chi connectivity index (χ0v) is 22.0. The number of nitrogens with zero attached hydrogens (tertiary/aromatic N) is 2. The van der Waals surface area contributed by atoms with E-state index in [1.807, 2.05) is 6.20 Å².